The highest BCUT2D eigenvalue weighted by Crippen LogP contribution is 2.35. The number of hydrogen-bond acceptors (Lipinski definition) is 1. The van der Waals surface area contributed by atoms with Gasteiger partial charge in [0, 0.05) is 6.61 Å². The molecule has 0 aromatic rings. The van der Waals surface area contributed by atoms with Crippen LogP contribution in [-0.2, 0) is 4.74 Å². The fraction of sp³-hybridized carbons (Fsp3) is 0.769. The molecule has 1 saturated carbocycles. The Labute approximate surface area is 86.8 Å². The van der Waals surface area contributed by atoms with Crippen LogP contribution in [-0.4, -0.2) is 12.7 Å². The van der Waals surface area contributed by atoms with Gasteiger partial charge >= 0.3 is 0 Å². The van der Waals surface area contributed by atoms with Gasteiger partial charge in [-0.2, -0.15) is 0 Å². The van der Waals surface area contributed by atoms with Crippen molar-refractivity contribution in [3.05, 3.63) is 17.4 Å². The average Bonchev–Trinajstić information content (AvgIpc) is 2.17. The van der Waals surface area contributed by atoms with Crippen LogP contribution in [0.2, 0.25) is 0 Å². The molecule has 2 aliphatic carbocycles. The Hall–Kier alpha value is -0.520. The van der Waals surface area contributed by atoms with E-state index in [0.29, 0.717) is 12.0 Å². The minimum absolute atomic E-state index is 0.513. The summed E-state index contributed by atoms with van der Waals surface area (Å²) in [5.74, 6) is 1.41. The van der Waals surface area contributed by atoms with Gasteiger partial charge in [0.25, 0.3) is 0 Å². The molecule has 2 aliphatic rings. The Kier molecular flexibility index (Phi) is 3.10. The van der Waals surface area contributed by atoms with Gasteiger partial charge in [-0.3, -0.25) is 0 Å². The molecule has 78 valence electrons. The second-order valence-electron chi connectivity index (χ2n) is 4.96. The van der Waals surface area contributed by atoms with Crippen LogP contribution < -0.4 is 0 Å². The molecule has 0 aromatic heterocycles. The Bertz CT molecular complexity index is 258. The lowest BCUT2D eigenvalue weighted by atomic mass is 9.79. The van der Waals surface area contributed by atoms with E-state index in [9.17, 15) is 0 Å². The Balaban J connectivity index is 1.88. The lowest BCUT2D eigenvalue weighted by Gasteiger charge is -2.33. The molecule has 1 fully saturated rings. The van der Waals surface area contributed by atoms with E-state index in [1.807, 2.05) is 0 Å². The van der Waals surface area contributed by atoms with Crippen LogP contribution in [0.1, 0.15) is 39.5 Å². The average molecular weight is 192 g/mol. The van der Waals surface area contributed by atoms with Crippen molar-refractivity contribution in [2.75, 3.05) is 6.61 Å². The summed E-state index contributed by atoms with van der Waals surface area (Å²) in [6.45, 7) is 5.35. The maximum Gasteiger partial charge on any atom is 0.0613 e. The molecule has 0 saturated heterocycles. The summed E-state index contributed by atoms with van der Waals surface area (Å²) in [4.78, 5) is 0. The van der Waals surface area contributed by atoms with Crippen LogP contribution in [0.3, 0.4) is 0 Å². The third-order valence-electron chi connectivity index (χ3n) is 3.14. The fourth-order valence-electron chi connectivity index (χ4n) is 2.36. The van der Waals surface area contributed by atoms with Gasteiger partial charge in [0.05, 0.1) is 6.10 Å². The monoisotopic (exact) mass is 192 g/mol. The van der Waals surface area contributed by atoms with Crippen molar-refractivity contribution < 1.29 is 4.74 Å². The van der Waals surface area contributed by atoms with Crippen LogP contribution in [0.4, 0.5) is 0 Å². The minimum Gasteiger partial charge on any atom is -0.378 e. The molecule has 0 aromatic carbocycles. The zero-order valence-corrected chi connectivity index (χ0v) is 9.25. The maximum absolute atomic E-state index is 5.97. The molecule has 2 atom stereocenters. The molecule has 1 heteroatoms. The van der Waals surface area contributed by atoms with E-state index >= 15 is 0 Å². The predicted molar refractivity (Wildman–Crippen MR) is 58.1 cm³/mol. The van der Waals surface area contributed by atoms with Crippen molar-refractivity contribution in [1.82, 2.24) is 0 Å². The van der Waals surface area contributed by atoms with Crippen molar-refractivity contribution in [2.45, 2.75) is 45.6 Å². The highest BCUT2D eigenvalue weighted by atomic mass is 16.5. The van der Waals surface area contributed by atoms with Crippen molar-refractivity contribution in [1.29, 1.82) is 0 Å². The number of ether oxygens (including phenoxy) is 1. The predicted octanol–water partition coefficient (Wildman–Crippen LogP) is 3.31. The normalized spacial score (nSPS) is 30.6. The van der Waals surface area contributed by atoms with E-state index < -0.39 is 0 Å². The van der Waals surface area contributed by atoms with Gasteiger partial charge in [-0.05, 0) is 49.2 Å². The van der Waals surface area contributed by atoms with E-state index in [1.165, 1.54) is 31.3 Å². The van der Waals surface area contributed by atoms with Gasteiger partial charge in [-0.15, -0.1) is 5.73 Å². The second-order valence-corrected chi connectivity index (χ2v) is 4.96. The van der Waals surface area contributed by atoms with Gasteiger partial charge < -0.3 is 4.74 Å². The summed E-state index contributed by atoms with van der Waals surface area (Å²) in [5, 5.41) is 0. The molecule has 0 spiro atoms. The summed E-state index contributed by atoms with van der Waals surface area (Å²) in [5.41, 5.74) is 4.89. The molecule has 14 heavy (non-hydrogen) atoms. The first-order chi connectivity index (χ1) is 6.75. The first kappa shape index (κ1) is 10.0. The summed E-state index contributed by atoms with van der Waals surface area (Å²) < 4.78 is 5.97. The van der Waals surface area contributed by atoms with Crippen molar-refractivity contribution >= 4 is 0 Å². The molecule has 0 N–H and O–H groups in total. The van der Waals surface area contributed by atoms with Gasteiger partial charge in [0.1, 0.15) is 0 Å². The molecule has 2 unspecified atom stereocenters. The molecule has 2 rings (SSSR count). The smallest absolute Gasteiger partial charge is 0.0613 e. The van der Waals surface area contributed by atoms with Crippen LogP contribution in [0.5, 0.6) is 0 Å². The zero-order valence-electron chi connectivity index (χ0n) is 9.25. The zero-order chi connectivity index (χ0) is 9.97. The van der Waals surface area contributed by atoms with Gasteiger partial charge in [-0.25, -0.2) is 0 Å². The van der Waals surface area contributed by atoms with E-state index in [2.05, 4.69) is 25.7 Å². The van der Waals surface area contributed by atoms with Crippen molar-refractivity contribution in [3.63, 3.8) is 0 Å². The van der Waals surface area contributed by atoms with Gasteiger partial charge in [0.2, 0.25) is 0 Å². The Morgan fingerprint density at radius 3 is 3.21 bits per heavy atom. The first-order valence-corrected chi connectivity index (χ1v) is 5.80. The van der Waals surface area contributed by atoms with Crippen LogP contribution in [0.25, 0.3) is 0 Å². The van der Waals surface area contributed by atoms with E-state index in [0.717, 1.165) is 12.5 Å². The van der Waals surface area contributed by atoms with Crippen LogP contribution >= 0.6 is 0 Å². The van der Waals surface area contributed by atoms with Gasteiger partial charge in [-0.1, -0.05) is 13.8 Å². The fourth-order valence-corrected chi connectivity index (χ4v) is 2.36. The van der Waals surface area contributed by atoms with E-state index in [1.54, 1.807) is 0 Å². The summed E-state index contributed by atoms with van der Waals surface area (Å²) in [7, 11) is 0. The maximum atomic E-state index is 5.97. The number of allylic oxidation sites excluding steroid dienone is 1. The Morgan fingerprint density at radius 1 is 1.57 bits per heavy atom. The molecular weight excluding hydrogens is 172 g/mol. The number of hydrogen-bond donors (Lipinski definition) is 0. The molecule has 0 amide bonds. The standard InChI is InChI=1S/C13H20O/c1-10(2)9-14-13-7-6-11-4-3-5-12(13)8-11/h3,10,12-13H,5-9H2,1-2H3. The minimum atomic E-state index is 0.513. The van der Waals surface area contributed by atoms with Crippen molar-refractivity contribution in [3.8, 4) is 0 Å². The van der Waals surface area contributed by atoms with E-state index in [4.69, 9.17) is 4.74 Å². The third-order valence-corrected chi connectivity index (χ3v) is 3.14. The van der Waals surface area contributed by atoms with Crippen LogP contribution in [0.15, 0.2) is 17.4 Å². The quantitative estimate of drug-likeness (QED) is 0.623. The highest BCUT2D eigenvalue weighted by molar-refractivity contribution is 5.12. The SMILES string of the molecule is CC(C)COC1CCC2=C=CCC1C2. The highest BCUT2D eigenvalue weighted by Gasteiger charge is 2.28. The Morgan fingerprint density at radius 2 is 2.43 bits per heavy atom. The first-order valence-electron chi connectivity index (χ1n) is 5.80. The molecule has 0 heterocycles. The topological polar surface area (TPSA) is 9.23 Å². The molecule has 0 radical (unpaired) electrons. The van der Waals surface area contributed by atoms with E-state index in [-0.39, 0.29) is 0 Å². The largest absolute Gasteiger partial charge is 0.378 e. The summed E-state index contributed by atoms with van der Waals surface area (Å²) in [6, 6.07) is 0. The summed E-state index contributed by atoms with van der Waals surface area (Å²) in [6.07, 6.45) is 7.54. The summed E-state index contributed by atoms with van der Waals surface area (Å²) >= 11 is 0. The lowest BCUT2D eigenvalue weighted by Crippen LogP contribution is -2.30. The molecule has 2 bridgehead atoms. The third kappa shape index (κ3) is 2.29. The number of rotatable bonds is 3. The van der Waals surface area contributed by atoms with Gasteiger partial charge in [0.15, 0.2) is 0 Å². The number of fused-ring (bicyclic) bond motifs is 2. The van der Waals surface area contributed by atoms with Crippen LogP contribution in [0, 0.1) is 11.8 Å². The molecular formula is C13H20O. The van der Waals surface area contributed by atoms with Crippen molar-refractivity contribution in [2.24, 2.45) is 11.8 Å². The lowest BCUT2D eigenvalue weighted by molar-refractivity contribution is -0.0143. The second kappa shape index (κ2) is 4.33. The molecule has 1 nitrogen and oxygen atoms in total. The molecule has 0 aliphatic heterocycles.